The van der Waals surface area contributed by atoms with Crippen molar-refractivity contribution in [2.45, 2.75) is 13.5 Å². The van der Waals surface area contributed by atoms with E-state index >= 15 is 0 Å². The molecule has 2 aromatic heterocycles. The zero-order valence-corrected chi connectivity index (χ0v) is 15.8. The minimum absolute atomic E-state index is 0.262. The van der Waals surface area contributed by atoms with Gasteiger partial charge in [-0.2, -0.15) is 5.10 Å². The van der Waals surface area contributed by atoms with Crippen LogP contribution in [0.4, 0.5) is 5.69 Å². The molecule has 0 aliphatic rings. The number of amides is 1. The molecule has 0 aliphatic carbocycles. The van der Waals surface area contributed by atoms with Crippen molar-refractivity contribution >= 4 is 23.2 Å². The quantitative estimate of drug-likeness (QED) is 0.561. The normalized spacial score (nSPS) is 10.8. The Bertz CT molecular complexity index is 1120. The molecule has 7 nitrogen and oxygen atoms in total. The molecule has 1 amide bonds. The van der Waals surface area contributed by atoms with Crippen LogP contribution in [-0.2, 0) is 6.54 Å². The van der Waals surface area contributed by atoms with Crippen molar-refractivity contribution in [1.29, 1.82) is 0 Å². The summed E-state index contributed by atoms with van der Waals surface area (Å²) >= 11 is 6.04. The SMILES string of the molecule is Cc1c(C(=O)Nc2cccc(Cn3cccn3)c2)nnn1-c1cccc(Cl)c1. The summed E-state index contributed by atoms with van der Waals surface area (Å²) in [6, 6.07) is 16.7. The molecule has 0 bridgehead atoms. The van der Waals surface area contributed by atoms with Gasteiger partial charge in [-0.25, -0.2) is 4.68 Å². The first-order chi connectivity index (χ1) is 13.6. The predicted molar refractivity (Wildman–Crippen MR) is 107 cm³/mol. The van der Waals surface area contributed by atoms with Crippen LogP contribution >= 0.6 is 11.6 Å². The third kappa shape index (κ3) is 3.79. The van der Waals surface area contributed by atoms with Gasteiger partial charge in [-0.15, -0.1) is 5.10 Å². The van der Waals surface area contributed by atoms with Gasteiger partial charge >= 0.3 is 0 Å². The van der Waals surface area contributed by atoms with Gasteiger partial charge in [0.05, 0.1) is 17.9 Å². The molecular formula is C20H17ClN6O. The maximum absolute atomic E-state index is 12.7. The van der Waals surface area contributed by atoms with Gasteiger partial charge < -0.3 is 5.32 Å². The number of nitrogens with one attached hydrogen (secondary N) is 1. The zero-order valence-electron chi connectivity index (χ0n) is 15.1. The van der Waals surface area contributed by atoms with E-state index in [1.807, 2.05) is 53.3 Å². The Hall–Kier alpha value is -3.45. The Morgan fingerprint density at radius 1 is 1.14 bits per heavy atom. The Balaban J connectivity index is 1.53. The fourth-order valence-electron chi connectivity index (χ4n) is 2.91. The highest BCUT2D eigenvalue weighted by Crippen LogP contribution is 2.18. The molecule has 0 saturated carbocycles. The Labute approximate surface area is 166 Å². The van der Waals surface area contributed by atoms with Crippen LogP contribution in [0.2, 0.25) is 5.02 Å². The second-order valence-electron chi connectivity index (χ2n) is 6.27. The van der Waals surface area contributed by atoms with E-state index in [2.05, 4.69) is 20.7 Å². The second kappa shape index (κ2) is 7.66. The number of nitrogens with zero attached hydrogens (tertiary/aromatic N) is 5. The number of halogens is 1. The summed E-state index contributed by atoms with van der Waals surface area (Å²) in [5.41, 5.74) is 3.36. The van der Waals surface area contributed by atoms with Crippen LogP contribution in [0.1, 0.15) is 21.7 Å². The topological polar surface area (TPSA) is 77.6 Å². The van der Waals surface area contributed by atoms with Gasteiger partial charge in [-0.3, -0.25) is 9.48 Å². The molecule has 8 heteroatoms. The molecule has 4 aromatic rings. The first kappa shape index (κ1) is 17.9. The molecule has 0 spiro atoms. The number of anilines is 1. The smallest absolute Gasteiger partial charge is 0.278 e. The maximum atomic E-state index is 12.7. The van der Waals surface area contributed by atoms with E-state index in [0.717, 1.165) is 11.3 Å². The van der Waals surface area contributed by atoms with Crippen molar-refractivity contribution in [2.24, 2.45) is 0 Å². The third-order valence-corrected chi connectivity index (χ3v) is 4.49. The fourth-order valence-corrected chi connectivity index (χ4v) is 3.10. The van der Waals surface area contributed by atoms with E-state index < -0.39 is 0 Å². The van der Waals surface area contributed by atoms with E-state index in [9.17, 15) is 4.79 Å². The van der Waals surface area contributed by atoms with E-state index in [0.29, 0.717) is 22.9 Å². The highest BCUT2D eigenvalue weighted by Gasteiger charge is 2.17. The summed E-state index contributed by atoms with van der Waals surface area (Å²) < 4.78 is 3.41. The second-order valence-corrected chi connectivity index (χ2v) is 6.71. The van der Waals surface area contributed by atoms with Crippen LogP contribution in [0.25, 0.3) is 5.69 Å². The zero-order chi connectivity index (χ0) is 19.5. The molecule has 0 saturated heterocycles. The molecule has 0 atom stereocenters. The largest absolute Gasteiger partial charge is 0.321 e. The Morgan fingerprint density at radius 2 is 2.00 bits per heavy atom. The summed E-state index contributed by atoms with van der Waals surface area (Å²) in [5.74, 6) is -0.318. The standard InChI is InChI=1S/C20H17ClN6O/c1-14-19(24-25-27(14)18-8-3-6-16(21)12-18)20(28)23-17-7-2-5-15(11-17)13-26-10-4-9-22-26/h2-12H,13H2,1H3,(H,23,28). The van der Waals surface area contributed by atoms with Crippen molar-refractivity contribution in [3.05, 3.63) is 89.0 Å². The monoisotopic (exact) mass is 392 g/mol. The van der Waals surface area contributed by atoms with Gasteiger partial charge in [0.2, 0.25) is 0 Å². The van der Waals surface area contributed by atoms with Gasteiger partial charge in [0, 0.05) is 23.1 Å². The number of carbonyl (C=O) groups excluding carboxylic acids is 1. The minimum atomic E-state index is -0.318. The van der Waals surface area contributed by atoms with Crippen molar-refractivity contribution in [2.75, 3.05) is 5.32 Å². The number of hydrogen-bond donors (Lipinski definition) is 1. The number of rotatable bonds is 5. The number of carbonyl (C=O) groups is 1. The number of aromatic nitrogens is 5. The molecule has 4 rings (SSSR count). The van der Waals surface area contributed by atoms with Crippen molar-refractivity contribution in [3.63, 3.8) is 0 Å². The van der Waals surface area contributed by atoms with Crippen molar-refractivity contribution in [1.82, 2.24) is 24.8 Å². The van der Waals surface area contributed by atoms with Crippen LogP contribution in [-0.4, -0.2) is 30.7 Å². The molecule has 2 aromatic carbocycles. The average molecular weight is 393 g/mol. The lowest BCUT2D eigenvalue weighted by molar-refractivity contribution is 0.102. The fraction of sp³-hybridized carbons (Fsp3) is 0.100. The van der Waals surface area contributed by atoms with E-state index in [1.165, 1.54) is 0 Å². The molecule has 0 fully saturated rings. The van der Waals surface area contributed by atoms with Gasteiger partial charge in [-0.05, 0) is 48.9 Å². The summed E-state index contributed by atoms with van der Waals surface area (Å²) in [6.45, 7) is 2.42. The molecule has 0 aliphatic heterocycles. The molecule has 140 valence electrons. The lowest BCUT2D eigenvalue weighted by atomic mass is 10.2. The number of hydrogen-bond acceptors (Lipinski definition) is 4. The molecule has 1 N–H and O–H groups in total. The highest BCUT2D eigenvalue weighted by molar-refractivity contribution is 6.30. The first-order valence-corrected chi connectivity index (χ1v) is 9.04. The number of benzene rings is 2. The van der Waals surface area contributed by atoms with E-state index in [1.54, 1.807) is 29.9 Å². The molecule has 28 heavy (non-hydrogen) atoms. The summed E-state index contributed by atoms with van der Waals surface area (Å²) in [7, 11) is 0. The van der Waals surface area contributed by atoms with Crippen LogP contribution in [0.3, 0.4) is 0 Å². The van der Waals surface area contributed by atoms with Crippen LogP contribution in [0.5, 0.6) is 0 Å². The minimum Gasteiger partial charge on any atom is -0.321 e. The van der Waals surface area contributed by atoms with Crippen molar-refractivity contribution in [3.8, 4) is 5.69 Å². The predicted octanol–water partition coefficient (Wildman–Crippen LogP) is 3.73. The van der Waals surface area contributed by atoms with E-state index in [-0.39, 0.29) is 11.6 Å². The van der Waals surface area contributed by atoms with Crippen LogP contribution in [0, 0.1) is 6.92 Å². The Morgan fingerprint density at radius 3 is 2.79 bits per heavy atom. The van der Waals surface area contributed by atoms with E-state index in [4.69, 9.17) is 11.6 Å². The van der Waals surface area contributed by atoms with Crippen molar-refractivity contribution < 1.29 is 4.79 Å². The van der Waals surface area contributed by atoms with Gasteiger partial charge in [-0.1, -0.05) is 35.0 Å². The Kier molecular flexibility index (Phi) is 4.90. The van der Waals surface area contributed by atoms with Gasteiger partial charge in [0.15, 0.2) is 5.69 Å². The lowest BCUT2D eigenvalue weighted by Gasteiger charge is -2.08. The molecular weight excluding hydrogens is 376 g/mol. The summed E-state index contributed by atoms with van der Waals surface area (Å²) in [6.07, 6.45) is 3.63. The van der Waals surface area contributed by atoms with Gasteiger partial charge in [0.25, 0.3) is 5.91 Å². The summed E-state index contributed by atoms with van der Waals surface area (Å²) in [5, 5.41) is 15.8. The summed E-state index contributed by atoms with van der Waals surface area (Å²) in [4.78, 5) is 12.7. The first-order valence-electron chi connectivity index (χ1n) is 8.66. The maximum Gasteiger partial charge on any atom is 0.278 e. The average Bonchev–Trinajstić information content (AvgIpc) is 3.31. The molecule has 0 unspecified atom stereocenters. The van der Waals surface area contributed by atoms with Gasteiger partial charge in [0.1, 0.15) is 0 Å². The molecule has 0 radical (unpaired) electrons. The molecule has 2 heterocycles. The van der Waals surface area contributed by atoms with Crippen LogP contribution in [0.15, 0.2) is 67.0 Å². The third-order valence-electron chi connectivity index (χ3n) is 4.25. The lowest BCUT2D eigenvalue weighted by Crippen LogP contribution is -2.14. The van der Waals surface area contributed by atoms with Crippen LogP contribution < -0.4 is 5.32 Å². The highest BCUT2D eigenvalue weighted by atomic mass is 35.5.